The van der Waals surface area contributed by atoms with Crippen molar-refractivity contribution < 1.29 is 27.5 Å². The molecule has 2 heterocycles. The third kappa shape index (κ3) is 6.60. The molecule has 0 saturated carbocycles. The molecule has 0 bridgehead atoms. The fraction of sp³-hybridized carbons (Fsp3) is 0.357. The monoisotopic (exact) mass is 556 g/mol. The summed E-state index contributed by atoms with van der Waals surface area (Å²) in [6, 6.07) is 10.3. The van der Waals surface area contributed by atoms with Gasteiger partial charge < -0.3 is 31.3 Å². The Labute approximate surface area is 229 Å². The third-order valence-corrected chi connectivity index (χ3v) is 6.71. The molecular formula is C28H31F3N6O3. The third-order valence-electron chi connectivity index (χ3n) is 6.71. The molecule has 1 unspecified atom stereocenters. The Hall–Kier alpha value is -4.37. The highest BCUT2D eigenvalue weighted by Gasteiger charge is 2.26. The minimum atomic E-state index is -3.29. The molecular weight excluding hydrogens is 525 g/mol. The molecule has 12 heteroatoms. The van der Waals surface area contributed by atoms with Gasteiger partial charge in [0, 0.05) is 17.0 Å². The maximum atomic E-state index is 14.8. The lowest BCUT2D eigenvalue weighted by Crippen LogP contribution is -2.44. The quantitative estimate of drug-likeness (QED) is 0.311. The molecule has 0 spiro atoms. The van der Waals surface area contributed by atoms with Crippen LogP contribution in [0.2, 0.25) is 0 Å². The number of amides is 3. The molecule has 1 aromatic heterocycles. The summed E-state index contributed by atoms with van der Waals surface area (Å²) in [4.78, 5) is 26.3. The number of halogens is 3. The van der Waals surface area contributed by atoms with Crippen molar-refractivity contribution in [3.05, 3.63) is 53.7 Å². The first-order chi connectivity index (χ1) is 19.2. The molecule has 4 rings (SSSR count). The molecule has 1 aliphatic heterocycles. The van der Waals surface area contributed by atoms with Gasteiger partial charge in [0.15, 0.2) is 0 Å². The van der Waals surface area contributed by atoms with Crippen molar-refractivity contribution in [2.45, 2.75) is 31.6 Å². The fourth-order valence-corrected chi connectivity index (χ4v) is 4.60. The van der Waals surface area contributed by atoms with Crippen molar-refractivity contribution >= 4 is 34.2 Å². The van der Waals surface area contributed by atoms with Gasteiger partial charge in [0.2, 0.25) is 12.2 Å². The number of aromatic nitrogens is 1. The lowest BCUT2D eigenvalue weighted by Gasteiger charge is -2.29. The van der Waals surface area contributed by atoms with Gasteiger partial charge in [-0.05, 0) is 75.3 Å². The summed E-state index contributed by atoms with van der Waals surface area (Å²) < 4.78 is 47.8. The lowest BCUT2D eigenvalue weighted by atomic mass is 10.1. The van der Waals surface area contributed by atoms with E-state index in [2.05, 4.69) is 32.7 Å². The standard InChI is InChI=1S/C28H31F3N6O3/c1-36-13-10-18(11-14-36)34-28(39)35-21-6-3-7-23-20(21)16-19(37(23)26(31)25(29)30)5-4-12-33-22-9-8-17(27(32)38)15-24(22)40-2/h3,6-9,15-16,18,25-26,33H,10-14H2,1-2H3,(H2,32,38)(H2,34,35,39). The first kappa shape index (κ1) is 28.6. The minimum Gasteiger partial charge on any atom is -0.495 e. The van der Waals surface area contributed by atoms with Crippen molar-refractivity contribution in [1.29, 1.82) is 0 Å². The summed E-state index contributed by atoms with van der Waals surface area (Å²) in [7, 11) is 3.45. The predicted octanol–water partition coefficient (Wildman–Crippen LogP) is 4.16. The Kier molecular flexibility index (Phi) is 9.06. The maximum absolute atomic E-state index is 14.8. The molecule has 1 atom stereocenters. The van der Waals surface area contributed by atoms with E-state index in [9.17, 15) is 22.8 Å². The van der Waals surface area contributed by atoms with Crippen molar-refractivity contribution in [1.82, 2.24) is 14.8 Å². The van der Waals surface area contributed by atoms with Gasteiger partial charge in [0.1, 0.15) is 5.75 Å². The zero-order valence-corrected chi connectivity index (χ0v) is 22.1. The number of piperidine rings is 1. The summed E-state index contributed by atoms with van der Waals surface area (Å²) in [6.07, 6.45) is -4.29. The van der Waals surface area contributed by atoms with Gasteiger partial charge in [-0.15, -0.1) is 0 Å². The van der Waals surface area contributed by atoms with Crippen molar-refractivity contribution in [2.24, 2.45) is 5.73 Å². The van der Waals surface area contributed by atoms with Crippen LogP contribution < -0.4 is 26.4 Å². The summed E-state index contributed by atoms with van der Waals surface area (Å²) >= 11 is 0. The second-order valence-electron chi connectivity index (χ2n) is 9.46. The van der Waals surface area contributed by atoms with Gasteiger partial charge in [-0.3, -0.25) is 9.36 Å². The van der Waals surface area contributed by atoms with Crippen molar-refractivity contribution in [3.8, 4) is 17.6 Å². The van der Waals surface area contributed by atoms with Crippen LogP contribution in [0.1, 0.15) is 35.2 Å². The van der Waals surface area contributed by atoms with E-state index < -0.39 is 24.7 Å². The van der Waals surface area contributed by atoms with Crippen LogP contribution in [0.25, 0.3) is 10.9 Å². The van der Waals surface area contributed by atoms with Crippen LogP contribution >= 0.6 is 0 Å². The first-order valence-electron chi connectivity index (χ1n) is 12.7. The minimum absolute atomic E-state index is 0.0191. The van der Waals surface area contributed by atoms with Gasteiger partial charge >= 0.3 is 6.03 Å². The molecule has 9 nitrogen and oxygen atoms in total. The molecule has 5 N–H and O–H groups in total. The molecule has 0 radical (unpaired) electrons. The molecule has 1 aliphatic rings. The molecule has 0 aliphatic carbocycles. The van der Waals surface area contributed by atoms with Crippen LogP contribution in [-0.4, -0.2) is 67.7 Å². The Bertz CT molecular complexity index is 1440. The summed E-state index contributed by atoms with van der Waals surface area (Å²) in [5, 5.41) is 9.11. The highest BCUT2D eigenvalue weighted by atomic mass is 19.3. The number of nitrogens with two attached hydrogens (primary N) is 1. The molecule has 1 fully saturated rings. The number of hydrogen-bond acceptors (Lipinski definition) is 5. The number of rotatable bonds is 8. The topological polar surface area (TPSA) is 114 Å². The number of hydrogen-bond donors (Lipinski definition) is 4. The van der Waals surface area contributed by atoms with E-state index in [-0.39, 0.29) is 29.4 Å². The highest BCUT2D eigenvalue weighted by Crippen LogP contribution is 2.32. The average molecular weight is 557 g/mol. The number of methoxy groups -OCH3 is 1. The number of fused-ring (bicyclic) bond motifs is 1. The normalized spacial score (nSPS) is 14.8. The van der Waals surface area contributed by atoms with Crippen LogP contribution in [0.4, 0.5) is 29.3 Å². The van der Waals surface area contributed by atoms with Gasteiger partial charge in [-0.25, -0.2) is 18.0 Å². The van der Waals surface area contributed by atoms with E-state index in [0.29, 0.717) is 22.5 Å². The van der Waals surface area contributed by atoms with Gasteiger partial charge in [-0.1, -0.05) is 12.0 Å². The first-order valence-corrected chi connectivity index (χ1v) is 12.7. The predicted molar refractivity (Wildman–Crippen MR) is 148 cm³/mol. The van der Waals surface area contributed by atoms with E-state index in [0.717, 1.165) is 30.5 Å². The van der Waals surface area contributed by atoms with E-state index in [4.69, 9.17) is 10.5 Å². The van der Waals surface area contributed by atoms with Gasteiger partial charge in [0.25, 0.3) is 6.43 Å². The van der Waals surface area contributed by atoms with Crippen molar-refractivity contribution in [3.63, 3.8) is 0 Å². The summed E-state index contributed by atoms with van der Waals surface area (Å²) in [5.74, 6) is 5.32. The number of nitrogens with zero attached hydrogens (tertiary/aromatic N) is 2. The van der Waals surface area contributed by atoms with Crippen LogP contribution in [-0.2, 0) is 0 Å². The Morgan fingerprint density at radius 1 is 1.12 bits per heavy atom. The molecule has 40 heavy (non-hydrogen) atoms. The number of anilines is 2. The number of likely N-dealkylation sites (tertiary alicyclic amines) is 1. The Morgan fingerprint density at radius 3 is 2.55 bits per heavy atom. The smallest absolute Gasteiger partial charge is 0.319 e. The number of ether oxygens (including phenoxy) is 1. The summed E-state index contributed by atoms with van der Waals surface area (Å²) in [5.41, 5.74) is 6.63. The van der Waals surface area contributed by atoms with E-state index in [1.54, 1.807) is 18.2 Å². The number of alkyl halides is 3. The second kappa shape index (κ2) is 12.7. The zero-order valence-electron chi connectivity index (χ0n) is 22.1. The Balaban J connectivity index is 1.56. The number of nitrogens with one attached hydrogen (secondary N) is 3. The second-order valence-corrected chi connectivity index (χ2v) is 9.46. The number of primary amides is 1. The lowest BCUT2D eigenvalue weighted by molar-refractivity contribution is 0.0102. The van der Waals surface area contributed by atoms with Crippen LogP contribution in [0.3, 0.4) is 0 Å². The summed E-state index contributed by atoms with van der Waals surface area (Å²) in [6.45, 7) is 1.80. The van der Waals surface area contributed by atoms with E-state index in [1.165, 1.54) is 31.4 Å². The molecule has 3 aromatic rings. The molecule has 3 amide bonds. The SMILES string of the molecule is COc1cc(C(N)=O)ccc1NCC#Cc1cc2c(NC(=O)NC3CCN(C)CC3)cccc2n1C(F)C(F)F. The largest absolute Gasteiger partial charge is 0.495 e. The number of urea groups is 1. The van der Waals surface area contributed by atoms with Crippen LogP contribution in [0.5, 0.6) is 5.75 Å². The number of carbonyl (C=O) groups is 2. The van der Waals surface area contributed by atoms with E-state index >= 15 is 0 Å². The molecule has 212 valence electrons. The molecule has 1 saturated heterocycles. The molecule has 2 aromatic carbocycles. The fourth-order valence-electron chi connectivity index (χ4n) is 4.60. The van der Waals surface area contributed by atoms with Gasteiger partial charge in [0.05, 0.1) is 36.2 Å². The zero-order chi connectivity index (χ0) is 28.8. The maximum Gasteiger partial charge on any atom is 0.319 e. The number of benzene rings is 2. The van der Waals surface area contributed by atoms with Crippen LogP contribution in [0.15, 0.2) is 42.5 Å². The number of carbonyl (C=O) groups excluding carboxylic acids is 2. The Morgan fingerprint density at radius 2 is 1.88 bits per heavy atom. The van der Waals surface area contributed by atoms with Crippen molar-refractivity contribution in [2.75, 3.05) is 44.4 Å². The van der Waals surface area contributed by atoms with E-state index in [1.807, 2.05) is 7.05 Å². The average Bonchev–Trinajstić information content (AvgIpc) is 3.31. The van der Waals surface area contributed by atoms with Gasteiger partial charge in [-0.2, -0.15) is 0 Å². The highest BCUT2D eigenvalue weighted by molar-refractivity contribution is 6.01. The van der Waals surface area contributed by atoms with Crippen LogP contribution in [0, 0.1) is 11.8 Å².